The van der Waals surface area contributed by atoms with E-state index < -0.39 is 0 Å². The van der Waals surface area contributed by atoms with Gasteiger partial charge in [-0.2, -0.15) is 5.10 Å². The van der Waals surface area contributed by atoms with Crippen LogP contribution in [-0.4, -0.2) is 24.8 Å². The van der Waals surface area contributed by atoms with Crippen molar-refractivity contribution in [1.82, 2.24) is 10.7 Å². The third-order valence-electron chi connectivity index (χ3n) is 4.01. The Bertz CT molecular complexity index is 783. The molecule has 132 valence electrons. The van der Waals surface area contributed by atoms with Crippen molar-refractivity contribution in [2.24, 2.45) is 10.1 Å². The molecule has 0 spiro atoms. The van der Waals surface area contributed by atoms with E-state index in [0.29, 0.717) is 0 Å². The van der Waals surface area contributed by atoms with Crippen LogP contribution in [0.2, 0.25) is 0 Å². The maximum absolute atomic E-state index is 4.47. The molecule has 0 fully saturated rings. The zero-order valence-corrected chi connectivity index (χ0v) is 15.2. The van der Waals surface area contributed by atoms with Crippen LogP contribution in [0.3, 0.4) is 0 Å². The summed E-state index contributed by atoms with van der Waals surface area (Å²) in [4.78, 5) is 4.30. The molecule has 0 aromatic heterocycles. The fourth-order valence-electron chi connectivity index (χ4n) is 2.44. The van der Waals surface area contributed by atoms with Gasteiger partial charge in [0.2, 0.25) is 5.96 Å². The monoisotopic (exact) mass is 344 g/mol. The van der Waals surface area contributed by atoms with Crippen molar-refractivity contribution < 1.29 is 0 Å². The van der Waals surface area contributed by atoms with E-state index in [0.717, 1.165) is 35.9 Å². The van der Waals surface area contributed by atoms with E-state index in [1.54, 1.807) is 0 Å². The number of hydrazone groups is 1. The molecule has 4 nitrogen and oxygen atoms in total. The Morgan fingerprint density at radius 1 is 0.923 bits per heavy atom. The van der Waals surface area contributed by atoms with Gasteiger partial charge in [0, 0.05) is 6.54 Å². The quantitative estimate of drug-likeness (QED) is 0.638. The number of allylic oxidation sites excluding steroid dienone is 2. The van der Waals surface area contributed by atoms with Crippen molar-refractivity contribution in [3.8, 4) is 0 Å². The van der Waals surface area contributed by atoms with Gasteiger partial charge >= 0.3 is 0 Å². The fraction of sp³-hybridized carbons (Fsp3) is 0.182. The van der Waals surface area contributed by atoms with Gasteiger partial charge in [-0.25, -0.2) is 10.4 Å². The third-order valence-corrected chi connectivity index (χ3v) is 4.01. The molecule has 0 saturated carbocycles. The first-order valence-electron chi connectivity index (χ1n) is 8.80. The first-order chi connectivity index (χ1) is 12.7. The van der Waals surface area contributed by atoms with Crippen LogP contribution >= 0.6 is 0 Å². The second-order valence-electron chi connectivity index (χ2n) is 6.29. The Kier molecular flexibility index (Phi) is 5.99. The summed E-state index contributed by atoms with van der Waals surface area (Å²) in [6.07, 6.45) is 8.11. The maximum atomic E-state index is 4.47. The van der Waals surface area contributed by atoms with E-state index >= 15 is 0 Å². The second-order valence-corrected chi connectivity index (χ2v) is 6.29. The van der Waals surface area contributed by atoms with E-state index in [9.17, 15) is 0 Å². The minimum atomic E-state index is 0.718. The molecule has 0 unspecified atom stereocenters. The number of rotatable bonds is 5. The number of nitrogens with one attached hydrogen (secondary N) is 2. The van der Waals surface area contributed by atoms with Gasteiger partial charge in [0.1, 0.15) is 0 Å². The predicted molar refractivity (Wildman–Crippen MR) is 111 cm³/mol. The lowest BCUT2D eigenvalue weighted by Crippen LogP contribution is -2.30. The highest BCUT2D eigenvalue weighted by atomic mass is 15.4. The molecule has 2 aromatic rings. The summed E-state index contributed by atoms with van der Waals surface area (Å²) >= 11 is 0. The topological polar surface area (TPSA) is 48.8 Å². The molecule has 0 aliphatic carbocycles. The molecule has 0 bridgehead atoms. The van der Waals surface area contributed by atoms with Crippen molar-refractivity contribution in [3.05, 3.63) is 82.9 Å². The average Bonchev–Trinajstić information content (AvgIpc) is 3.17. The minimum absolute atomic E-state index is 0.718. The minimum Gasteiger partial charge on any atom is -0.353 e. The van der Waals surface area contributed by atoms with Gasteiger partial charge in [-0.3, -0.25) is 0 Å². The van der Waals surface area contributed by atoms with Crippen LogP contribution in [0, 0.1) is 13.8 Å². The maximum Gasteiger partial charge on any atom is 0.212 e. The number of hydrogen-bond acceptors (Lipinski definition) is 4. The summed E-state index contributed by atoms with van der Waals surface area (Å²) in [7, 11) is 0. The van der Waals surface area contributed by atoms with Crippen LogP contribution < -0.4 is 10.7 Å². The molecule has 2 N–H and O–H groups in total. The summed E-state index contributed by atoms with van der Waals surface area (Å²) in [6.45, 7) is 5.81. The highest BCUT2D eigenvalue weighted by molar-refractivity contribution is 6.09. The smallest absolute Gasteiger partial charge is 0.212 e. The summed E-state index contributed by atoms with van der Waals surface area (Å²) < 4.78 is 0. The van der Waals surface area contributed by atoms with Crippen molar-refractivity contribution in [3.63, 3.8) is 0 Å². The van der Waals surface area contributed by atoms with Crippen molar-refractivity contribution >= 4 is 23.8 Å². The second kappa shape index (κ2) is 8.81. The van der Waals surface area contributed by atoms with Gasteiger partial charge in [-0.1, -0.05) is 71.8 Å². The van der Waals surface area contributed by atoms with Crippen LogP contribution in [0.25, 0.3) is 12.2 Å². The third kappa shape index (κ3) is 5.45. The largest absolute Gasteiger partial charge is 0.353 e. The van der Waals surface area contributed by atoms with Crippen LogP contribution in [0.15, 0.2) is 70.8 Å². The molecule has 26 heavy (non-hydrogen) atoms. The van der Waals surface area contributed by atoms with Gasteiger partial charge < -0.3 is 5.32 Å². The molecular weight excluding hydrogens is 320 g/mol. The van der Waals surface area contributed by atoms with Crippen molar-refractivity contribution in [2.75, 3.05) is 13.1 Å². The molecule has 1 aliphatic rings. The van der Waals surface area contributed by atoms with Gasteiger partial charge in [0.15, 0.2) is 0 Å². The average molecular weight is 344 g/mol. The number of nitrogens with zero attached hydrogens (tertiary/aromatic N) is 2. The molecule has 2 aromatic carbocycles. The van der Waals surface area contributed by atoms with E-state index in [1.807, 2.05) is 12.2 Å². The standard InChI is InChI=1S/C22H24N4/c1-17-3-7-19(8-4-17)11-13-21(25-26-22-23-15-16-24-22)14-12-20-9-5-18(2)6-10-20/h3-14H,15-16H2,1-2H3,(H2,23,24,26)/b13-11+,14-12+. The molecule has 1 aliphatic heterocycles. The Morgan fingerprint density at radius 2 is 1.46 bits per heavy atom. The lowest BCUT2D eigenvalue weighted by Gasteiger charge is -2.02. The highest BCUT2D eigenvalue weighted by Crippen LogP contribution is 2.07. The molecule has 0 amide bonds. The molecule has 0 atom stereocenters. The first kappa shape index (κ1) is 17.7. The van der Waals surface area contributed by atoms with Crippen LogP contribution in [0.5, 0.6) is 0 Å². The fourth-order valence-corrected chi connectivity index (χ4v) is 2.44. The zero-order valence-electron chi connectivity index (χ0n) is 15.2. The summed E-state index contributed by atoms with van der Waals surface area (Å²) in [5, 5.41) is 7.63. The lowest BCUT2D eigenvalue weighted by molar-refractivity contribution is 0.918. The van der Waals surface area contributed by atoms with Crippen molar-refractivity contribution in [1.29, 1.82) is 0 Å². The highest BCUT2D eigenvalue weighted by Gasteiger charge is 2.02. The van der Waals surface area contributed by atoms with Crippen LogP contribution in [0.1, 0.15) is 22.3 Å². The Balaban J connectivity index is 1.77. The summed E-state index contributed by atoms with van der Waals surface area (Å²) in [5.74, 6) is 0.718. The van der Waals surface area contributed by atoms with Crippen molar-refractivity contribution in [2.45, 2.75) is 13.8 Å². The molecular formula is C22H24N4. The number of benzene rings is 2. The number of aryl methyl sites for hydroxylation is 2. The number of aliphatic imine (C=N–C) groups is 1. The van der Waals surface area contributed by atoms with Gasteiger partial charge in [-0.15, -0.1) is 0 Å². The normalized spacial score (nSPS) is 13.7. The van der Waals surface area contributed by atoms with Gasteiger partial charge in [0.05, 0.1) is 12.3 Å². The predicted octanol–water partition coefficient (Wildman–Crippen LogP) is 3.93. The lowest BCUT2D eigenvalue weighted by atomic mass is 10.1. The molecule has 3 rings (SSSR count). The zero-order chi connectivity index (χ0) is 18.2. The SMILES string of the molecule is Cc1ccc(/C=C/C(/C=C/c2ccc(C)cc2)=NNC2=NCCN2)cc1. The number of guanidine groups is 1. The van der Waals surface area contributed by atoms with E-state index in [4.69, 9.17) is 0 Å². The van der Waals surface area contributed by atoms with Crippen LogP contribution in [0.4, 0.5) is 0 Å². The molecule has 0 radical (unpaired) electrons. The Morgan fingerprint density at radius 3 is 1.92 bits per heavy atom. The number of hydrogen-bond donors (Lipinski definition) is 2. The van der Waals surface area contributed by atoms with E-state index in [-0.39, 0.29) is 0 Å². The van der Waals surface area contributed by atoms with Gasteiger partial charge in [0.25, 0.3) is 0 Å². The first-order valence-corrected chi connectivity index (χ1v) is 8.80. The van der Waals surface area contributed by atoms with E-state index in [2.05, 4.69) is 95.4 Å². The Labute approximate surface area is 155 Å². The van der Waals surface area contributed by atoms with Crippen LogP contribution in [-0.2, 0) is 0 Å². The molecule has 4 heteroatoms. The van der Waals surface area contributed by atoms with E-state index in [1.165, 1.54) is 11.1 Å². The summed E-state index contributed by atoms with van der Waals surface area (Å²) in [6, 6.07) is 16.8. The molecule has 1 heterocycles. The van der Waals surface area contributed by atoms with Gasteiger partial charge in [-0.05, 0) is 37.1 Å². The Hall–Kier alpha value is -3.14. The summed E-state index contributed by atoms with van der Waals surface area (Å²) in [5.41, 5.74) is 8.61. The molecule has 0 saturated heterocycles.